The van der Waals surface area contributed by atoms with Crippen LogP contribution in [0.2, 0.25) is 0 Å². The average Bonchev–Trinajstić information content (AvgIpc) is 2.89. The maximum Gasteiger partial charge on any atom is 0.338 e. The zero-order valence-electron chi connectivity index (χ0n) is 18.0. The number of esters is 1. The van der Waals surface area contributed by atoms with Crippen molar-refractivity contribution in [3.8, 4) is 5.75 Å². The summed E-state index contributed by atoms with van der Waals surface area (Å²) in [5, 5.41) is -0.0344. The molecule has 0 radical (unpaired) electrons. The van der Waals surface area contributed by atoms with Gasteiger partial charge in [0.1, 0.15) is 18.9 Å². The number of halogens is 3. The summed E-state index contributed by atoms with van der Waals surface area (Å²) in [5.74, 6) is -3.73. The number of anilines is 2. The standard InChI is InChI=1S/C27H20F3NO3/c28-25-23(14-15-24(26(25)29)33-17-19-8-3-1-4-9-19)31(30)22-13-7-12-21(16-22)27(32)34-18-20-10-5-2-6-11-20/h1-16H,17-18H2. The first kappa shape index (κ1) is 22.9. The number of rotatable bonds is 8. The van der Waals surface area contributed by atoms with E-state index in [0.717, 1.165) is 23.3 Å². The lowest BCUT2D eigenvalue weighted by molar-refractivity contribution is 0.0472. The molecule has 0 bridgehead atoms. The Balaban J connectivity index is 1.47. The molecule has 4 aromatic rings. The highest BCUT2D eigenvalue weighted by molar-refractivity contribution is 5.90. The minimum atomic E-state index is -1.41. The van der Waals surface area contributed by atoms with Gasteiger partial charge < -0.3 is 9.47 Å². The summed E-state index contributed by atoms with van der Waals surface area (Å²) in [6, 6.07) is 25.7. The summed E-state index contributed by atoms with van der Waals surface area (Å²) in [6.07, 6.45) is 0. The van der Waals surface area contributed by atoms with Crippen LogP contribution < -0.4 is 9.86 Å². The molecule has 0 fully saturated rings. The summed E-state index contributed by atoms with van der Waals surface area (Å²) in [6.45, 7) is 0.0799. The minimum Gasteiger partial charge on any atom is -0.486 e. The molecule has 0 spiro atoms. The molecule has 7 heteroatoms. The van der Waals surface area contributed by atoms with Crippen LogP contribution in [-0.2, 0) is 18.0 Å². The van der Waals surface area contributed by atoms with Crippen LogP contribution in [0.4, 0.5) is 24.6 Å². The van der Waals surface area contributed by atoms with Crippen molar-refractivity contribution < 1.29 is 27.5 Å². The summed E-state index contributed by atoms with van der Waals surface area (Å²) < 4.78 is 54.8. The fourth-order valence-corrected chi connectivity index (χ4v) is 3.22. The molecule has 4 nitrogen and oxygen atoms in total. The topological polar surface area (TPSA) is 38.8 Å². The second kappa shape index (κ2) is 10.6. The second-order valence-corrected chi connectivity index (χ2v) is 7.38. The minimum absolute atomic E-state index is 0.0308. The smallest absolute Gasteiger partial charge is 0.338 e. The molecule has 0 aromatic heterocycles. The Bertz CT molecular complexity index is 1270. The number of carbonyl (C=O) groups excluding carboxylic acids is 1. The summed E-state index contributed by atoms with van der Waals surface area (Å²) >= 11 is 0. The Morgan fingerprint density at radius 1 is 0.735 bits per heavy atom. The van der Waals surface area contributed by atoms with Crippen LogP contribution in [0.25, 0.3) is 0 Å². The van der Waals surface area contributed by atoms with Crippen molar-refractivity contribution in [1.82, 2.24) is 0 Å². The molecule has 0 aliphatic carbocycles. The molecular weight excluding hydrogens is 443 g/mol. The summed E-state index contributed by atoms with van der Waals surface area (Å²) in [7, 11) is 0. The third-order valence-corrected chi connectivity index (χ3v) is 5.00. The van der Waals surface area contributed by atoms with E-state index in [-0.39, 0.29) is 35.3 Å². The number of benzene rings is 4. The van der Waals surface area contributed by atoms with Crippen LogP contribution in [0, 0.1) is 11.6 Å². The number of carbonyl (C=O) groups is 1. The highest BCUT2D eigenvalue weighted by atomic mass is 19.2. The Kier molecular flexibility index (Phi) is 7.13. The predicted octanol–water partition coefficient (Wildman–Crippen LogP) is 6.92. The van der Waals surface area contributed by atoms with Gasteiger partial charge in [0.25, 0.3) is 0 Å². The summed E-state index contributed by atoms with van der Waals surface area (Å²) in [4.78, 5) is 12.4. The van der Waals surface area contributed by atoms with Gasteiger partial charge in [-0.15, -0.1) is 0 Å². The van der Waals surface area contributed by atoms with E-state index >= 15 is 4.48 Å². The highest BCUT2D eigenvalue weighted by Crippen LogP contribution is 2.34. The molecular formula is C27H20F3NO3. The van der Waals surface area contributed by atoms with E-state index in [2.05, 4.69) is 0 Å². The third kappa shape index (κ3) is 5.38. The fraction of sp³-hybridized carbons (Fsp3) is 0.0741. The van der Waals surface area contributed by atoms with Gasteiger partial charge >= 0.3 is 5.97 Å². The molecule has 172 valence electrons. The van der Waals surface area contributed by atoms with E-state index in [0.29, 0.717) is 0 Å². The van der Waals surface area contributed by atoms with Crippen molar-refractivity contribution in [1.29, 1.82) is 0 Å². The van der Waals surface area contributed by atoms with E-state index in [4.69, 9.17) is 9.47 Å². The predicted molar refractivity (Wildman–Crippen MR) is 122 cm³/mol. The van der Waals surface area contributed by atoms with Gasteiger partial charge in [-0.05, 0) is 41.5 Å². The van der Waals surface area contributed by atoms with Crippen LogP contribution in [0.15, 0.2) is 97.1 Å². The Hall–Kier alpha value is -4.26. The summed E-state index contributed by atoms with van der Waals surface area (Å²) in [5.41, 5.74) is 0.824. The maximum atomic E-state index is 15.0. The Morgan fingerprint density at radius 3 is 2.06 bits per heavy atom. The quantitative estimate of drug-likeness (QED) is 0.210. The van der Waals surface area contributed by atoms with E-state index < -0.39 is 23.3 Å². The number of hydrogen-bond acceptors (Lipinski definition) is 4. The van der Waals surface area contributed by atoms with Crippen molar-refractivity contribution >= 4 is 17.3 Å². The molecule has 4 aromatic carbocycles. The van der Waals surface area contributed by atoms with Crippen LogP contribution in [0.3, 0.4) is 0 Å². The molecule has 34 heavy (non-hydrogen) atoms. The van der Waals surface area contributed by atoms with Gasteiger partial charge in [0.05, 0.1) is 11.3 Å². The van der Waals surface area contributed by atoms with Gasteiger partial charge in [0.15, 0.2) is 11.6 Å². The van der Waals surface area contributed by atoms with Gasteiger partial charge in [0, 0.05) is 0 Å². The van der Waals surface area contributed by atoms with Crippen LogP contribution >= 0.6 is 0 Å². The van der Waals surface area contributed by atoms with Crippen LogP contribution in [-0.4, -0.2) is 5.97 Å². The number of ether oxygens (including phenoxy) is 2. The average molecular weight is 463 g/mol. The lowest BCUT2D eigenvalue weighted by atomic mass is 10.2. The fourth-order valence-electron chi connectivity index (χ4n) is 3.22. The van der Waals surface area contributed by atoms with Gasteiger partial charge in [-0.1, -0.05) is 71.2 Å². The van der Waals surface area contributed by atoms with Crippen molar-refractivity contribution in [2.45, 2.75) is 13.2 Å². The first-order valence-corrected chi connectivity index (χ1v) is 10.4. The van der Waals surface area contributed by atoms with Crippen molar-refractivity contribution in [3.05, 3.63) is 125 Å². The zero-order valence-corrected chi connectivity index (χ0v) is 18.0. The first-order chi connectivity index (χ1) is 16.5. The molecule has 0 unspecified atom stereocenters. The van der Waals surface area contributed by atoms with Crippen LogP contribution in [0.5, 0.6) is 5.75 Å². The van der Waals surface area contributed by atoms with E-state index in [9.17, 15) is 13.6 Å². The normalized spacial score (nSPS) is 10.6. The number of hydrogen-bond donors (Lipinski definition) is 0. The maximum absolute atomic E-state index is 15.0. The SMILES string of the molecule is O=C(OCc1ccccc1)c1cccc(N(F)c2ccc(OCc3ccccc3)c(F)c2F)c1. The molecule has 0 saturated carbocycles. The van der Waals surface area contributed by atoms with E-state index in [1.54, 1.807) is 36.4 Å². The van der Waals surface area contributed by atoms with Crippen LogP contribution in [0.1, 0.15) is 21.5 Å². The Labute approximate surface area is 194 Å². The monoisotopic (exact) mass is 463 g/mol. The first-order valence-electron chi connectivity index (χ1n) is 10.4. The molecule has 0 aliphatic heterocycles. The molecule has 0 atom stereocenters. The van der Waals surface area contributed by atoms with Gasteiger partial charge in [-0.25, -0.2) is 9.18 Å². The molecule has 0 heterocycles. The van der Waals surface area contributed by atoms with Crippen molar-refractivity contribution in [2.75, 3.05) is 5.12 Å². The van der Waals surface area contributed by atoms with E-state index in [1.165, 1.54) is 24.3 Å². The highest BCUT2D eigenvalue weighted by Gasteiger charge is 2.21. The largest absolute Gasteiger partial charge is 0.486 e. The zero-order chi connectivity index (χ0) is 23.9. The molecule has 0 amide bonds. The lowest BCUT2D eigenvalue weighted by Gasteiger charge is -2.17. The van der Waals surface area contributed by atoms with Crippen molar-refractivity contribution in [2.24, 2.45) is 0 Å². The van der Waals surface area contributed by atoms with Gasteiger partial charge in [0.2, 0.25) is 5.82 Å². The molecule has 4 rings (SSSR count). The Morgan fingerprint density at radius 2 is 1.38 bits per heavy atom. The molecule has 0 saturated heterocycles. The van der Waals surface area contributed by atoms with Crippen molar-refractivity contribution in [3.63, 3.8) is 0 Å². The van der Waals surface area contributed by atoms with E-state index in [1.807, 2.05) is 24.3 Å². The van der Waals surface area contributed by atoms with Gasteiger partial charge in [-0.2, -0.15) is 9.51 Å². The number of nitrogens with zero attached hydrogens (tertiary/aromatic N) is 1. The lowest BCUT2D eigenvalue weighted by Crippen LogP contribution is -2.10. The molecule has 0 N–H and O–H groups in total. The van der Waals surface area contributed by atoms with Gasteiger partial charge in [-0.3, -0.25) is 0 Å². The third-order valence-electron chi connectivity index (χ3n) is 5.00. The molecule has 0 aliphatic rings. The second-order valence-electron chi connectivity index (χ2n) is 7.38.